The SMILES string of the molecule is CNC(=O)c1ccc(Cn2c(=O)c3cc(OC)c(OC)cc3n(Cc3cccc(OC)c3)c2=O)cc1. The molecule has 1 N–H and O–H groups in total. The third-order valence-electron chi connectivity index (χ3n) is 5.99. The van der Waals surface area contributed by atoms with Crippen LogP contribution in [0.2, 0.25) is 0 Å². The van der Waals surface area contributed by atoms with Crippen molar-refractivity contribution in [2.75, 3.05) is 28.4 Å². The minimum atomic E-state index is -0.474. The van der Waals surface area contributed by atoms with Gasteiger partial charge in [0.25, 0.3) is 11.5 Å². The molecule has 36 heavy (non-hydrogen) atoms. The van der Waals surface area contributed by atoms with Crippen molar-refractivity contribution in [2.24, 2.45) is 0 Å². The van der Waals surface area contributed by atoms with Crippen LogP contribution in [-0.4, -0.2) is 43.4 Å². The van der Waals surface area contributed by atoms with Crippen LogP contribution in [0.5, 0.6) is 17.2 Å². The van der Waals surface area contributed by atoms with Crippen molar-refractivity contribution in [1.82, 2.24) is 14.5 Å². The van der Waals surface area contributed by atoms with Crippen LogP contribution in [0.25, 0.3) is 10.9 Å². The number of hydrogen-bond acceptors (Lipinski definition) is 6. The third kappa shape index (κ3) is 4.68. The Hall–Kier alpha value is -4.53. The molecule has 0 unspecified atom stereocenters. The Morgan fingerprint density at radius 1 is 0.806 bits per heavy atom. The summed E-state index contributed by atoms with van der Waals surface area (Å²) >= 11 is 0. The molecular weight excluding hydrogens is 462 g/mol. The van der Waals surface area contributed by atoms with E-state index in [4.69, 9.17) is 14.2 Å². The number of methoxy groups -OCH3 is 3. The summed E-state index contributed by atoms with van der Waals surface area (Å²) in [7, 11) is 6.12. The number of benzene rings is 3. The summed E-state index contributed by atoms with van der Waals surface area (Å²) in [4.78, 5) is 39.1. The minimum absolute atomic E-state index is 0.0358. The third-order valence-corrected chi connectivity index (χ3v) is 5.99. The fraction of sp³-hybridized carbons (Fsp3) is 0.222. The zero-order valence-corrected chi connectivity index (χ0v) is 20.5. The zero-order chi connectivity index (χ0) is 25.8. The average molecular weight is 490 g/mol. The first-order valence-corrected chi connectivity index (χ1v) is 11.2. The molecule has 0 aliphatic carbocycles. The molecule has 1 amide bonds. The second-order valence-electron chi connectivity index (χ2n) is 8.11. The summed E-state index contributed by atoms with van der Waals surface area (Å²) in [6, 6.07) is 17.4. The van der Waals surface area contributed by atoms with E-state index in [2.05, 4.69) is 5.32 Å². The van der Waals surface area contributed by atoms with Gasteiger partial charge in [-0.1, -0.05) is 24.3 Å². The molecule has 0 atom stereocenters. The largest absolute Gasteiger partial charge is 0.497 e. The highest BCUT2D eigenvalue weighted by molar-refractivity contribution is 5.93. The van der Waals surface area contributed by atoms with E-state index in [1.165, 1.54) is 23.4 Å². The topological polar surface area (TPSA) is 101 Å². The fourth-order valence-corrected chi connectivity index (χ4v) is 4.08. The van der Waals surface area contributed by atoms with Crippen LogP contribution in [0.4, 0.5) is 0 Å². The maximum atomic E-state index is 13.7. The van der Waals surface area contributed by atoms with E-state index in [0.29, 0.717) is 39.3 Å². The number of nitrogens with one attached hydrogen (secondary N) is 1. The molecule has 4 aromatic rings. The number of amides is 1. The number of carbonyl (C=O) groups excluding carboxylic acids is 1. The van der Waals surface area contributed by atoms with Crippen molar-refractivity contribution in [3.05, 3.63) is 98.2 Å². The molecule has 9 heteroatoms. The van der Waals surface area contributed by atoms with Crippen LogP contribution in [-0.2, 0) is 13.1 Å². The van der Waals surface area contributed by atoms with E-state index in [0.717, 1.165) is 5.56 Å². The van der Waals surface area contributed by atoms with Gasteiger partial charge in [0.05, 0.1) is 45.3 Å². The second-order valence-corrected chi connectivity index (χ2v) is 8.11. The molecule has 1 aromatic heterocycles. The van der Waals surface area contributed by atoms with Gasteiger partial charge in [0.15, 0.2) is 11.5 Å². The molecule has 0 spiro atoms. The van der Waals surface area contributed by atoms with Gasteiger partial charge in [0, 0.05) is 18.7 Å². The minimum Gasteiger partial charge on any atom is -0.497 e. The van der Waals surface area contributed by atoms with Gasteiger partial charge in [-0.15, -0.1) is 0 Å². The van der Waals surface area contributed by atoms with E-state index >= 15 is 0 Å². The Balaban J connectivity index is 1.90. The number of aromatic nitrogens is 2. The Labute approximate surface area is 207 Å². The van der Waals surface area contributed by atoms with Gasteiger partial charge in [0.2, 0.25) is 0 Å². The molecule has 0 bridgehead atoms. The van der Waals surface area contributed by atoms with Crippen molar-refractivity contribution < 1.29 is 19.0 Å². The number of fused-ring (bicyclic) bond motifs is 1. The molecule has 0 aliphatic rings. The molecule has 186 valence electrons. The average Bonchev–Trinajstić information content (AvgIpc) is 2.92. The van der Waals surface area contributed by atoms with Crippen LogP contribution < -0.4 is 30.8 Å². The summed E-state index contributed by atoms with van der Waals surface area (Å²) in [5, 5.41) is 2.89. The lowest BCUT2D eigenvalue weighted by Crippen LogP contribution is -2.40. The molecule has 4 rings (SSSR count). The molecule has 0 fully saturated rings. The van der Waals surface area contributed by atoms with Crippen molar-refractivity contribution in [3.63, 3.8) is 0 Å². The lowest BCUT2D eigenvalue weighted by Gasteiger charge is -2.17. The number of ether oxygens (including phenoxy) is 3. The van der Waals surface area contributed by atoms with E-state index < -0.39 is 11.2 Å². The number of nitrogens with zero attached hydrogens (tertiary/aromatic N) is 2. The fourth-order valence-electron chi connectivity index (χ4n) is 4.08. The molecule has 0 aliphatic heterocycles. The first-order chi connectivity index (χ1) is 17.4. The monoisotopic (exact) mass is 489 g/mol. The smallest absolute Gasteiger partial charge is 0.332 e. The van der Waals surface area contributed by atoms with Gasteiger partial charge in [-0.3, -0.25) is 18.7 Å². The highest BCUT2D eigenvalue weighted by atomic mass is 16.5. The molecule has 0 saturated carbocycles. The lowest BCUT2D eigenvalue weighted by molar-refractivity contribution is 0.0963. The summed E-state index contributed by atoms with van der Waals surface area (Å²) in [5.74, 6) is 1.24. The summed E-state index contributed by atoms with van der Waals surface area (Å²) in [6.07, 6.45) is 0. The van der Waals surface area contributed by atoms with Gasteiger partial charge >= 0.3 is 5.69 Å². The molecule has 0 saturated heterocycles. The highest BCUT2D eigenvalue weighted by Crippen LogP contribution is 2.30. The molecule has 1 heterocycles. The van der Waals surface area contributed by atoms with Crippen LogP contribution in [0.15, 0.2) is 70.3 Å². The number of carbonyl (C=O) groups is 1. The Morgan fingerprint density at radius 2 is 1.47 bits per heavy atom. The van der Waals surface area contributed by atoms with E-state index in [9.17, 15) is 14.4 Å². The van der Waals surface area contributed by atoms with E-state index in [-0.39, 0.29) is 19.0 Å². The maximum Gasteiger partial charge on any atom is 0.332 e. The predicted molar refractivity (Wildman–Crippen MR) is 137 cm³/mol. The summed E-state index contributed by atoms with van der Waals surface area (Å²) in [6.45, 7) is 0.242. The molecular formula is C27H27N3O6. The number of rotatable bonds is 8. The first kappa shape index (κ1) is 24.6. The molecule has 0 radical (unpaired) electrons. The second kappa shape index (κ2) is 10.4. The van der Waals surface area contributed by atoms with Gasteiger partial charge in [-0.05, 0) is 41.5 Å². The molecule has 3 aromatic carbocycles. The van der Waals surface area contributed by atoms with Crippen molar-refractivity contribution >= 4 is 16.8 Å². The van der Waals surface area contributed by atoms with Gasteiger partial charge in [0.1, 0.15) is 5.75 Å². The van der Waals surface area contributed by atoms with Crippen LogP contribution in [0, 0.1) is 0 Å². The van der Waals surface area contributed by atoms with Crippen molar-refractivity contribution in [2.45, 2.75) is 13.1 Å². The Bertz CT molecular complexity index is 1540. The maximum absolute atomic E-state index is 13.7. The van der Waals surface area contributed by atoms with Crippen molar-refractivity contribution in [1.29, 1.82) is 0 Å². The quantitative estimate of drug-likeness (QED) is 0.408. The van der Waals surface area contributed by atoms with Gasteiger partial charge in [-0.25, -0.2) is 4.79 Å². The van der Waals surface area contributed by atoms with Crippen LogP contribution >= 0.6 is 0 Å². The predicted octanol–water partition coefficient (Wildman–Crippen LogP) is 2.65. The lowest BCUT2D eigenvalue weighted by atomic mass is 10.1. The van der Waals surface area contributed by atoms with E-state index in [1.54, 1.807) is 50.6 Å². The molecule has 9 nitrogen and oxygen atoms in total. The van der Waals surface area contributed by atoms with Crippen LogP contribution in [0.3, 0.4) is 0 Å². The van der Waals surface area contributed by atoms with E-state index in [1.807, 2.05) is 24.3 Å². The summed E-state index contributed by atoms with van der Waals surface area (Å²) < 4.78 is 18.9. The van der Waals surface area contributed by atoms with Crippen molar-refractivity contribution in [3.8, 4) is 17.2 Å². The first-order valence-electron chi connectivity index (χ1n) is 11.2. The highest BCUT2D eigenvalue weighted by Gasteiger charge is 2.18. The zero-order valence-electron chi connectivity index (χ0n) is 20.5. The van der Waals surface area contributed by atoms with Crippen LogP contribution in [0.1, 0.15) is 21.5 Å². The Morgan fingerprint density at radius 3 is 2.11 bits per heavy atom. The standard InChI is InChI=1S/C27H27N3O6/c1-28-25(31)19-10-8-17(9-11-19)15-30-26(32)21-13-23(35-3)24(36-4)14-22(21)29(27(30)33)16-18-6-5-7-20(12-18)34-2/h5-14H,15-16H2,1-4H3,(H,28,31). The summed E-state index contributed by atoms with van der Waals surface area (Å²) in [5.41, 5.74) is 1.52. The Kier molecular flexibility index (Phi) is 7.10. The van der Waals surface area contributed by atoms with Gasteiger partial charge < -0.3 is 19.5 Å². The van der Waals surface area contributed by atoms with Gasteiger partial charge in [-0.2, -0.15) is 0 Å². The number of hydrogen-bond donors (Lipinski definition) is 1. The normalized spacial score (nSPS) is 10.8.